The fraction of sp³-hybridized carbons (Fsp3) is 0.647. The van der Waals surface area contributed by atoms with Gasteiger partial charge in [-0.2, -0.15) is 0 Å². The maximum Gasteiger partial charge on any atom is 0.161 e. The average Bonchev–Trinajstić information content (AvgIpc) is 3.28. The predicted octanol–water partition coefficient (Wildman–Crippen LogP) is 8.63. The van der Waals surface area contributed by atoms with Crippen molar-refractivity contribution in [2.24, 2.45) is 29.6 Å². The van der Waals surface area contributed by atoms with Crippen molar-refractivity contribution in [3.05, 3.63) is 59.2 Å². The Hall–Kier alpha value is -1.96. The molecular weight excluding hydrogens is 440 g/mol. The fourth-order valence-electron chi connectivity index (χ4n) is 7.26. The Morgan fingerprint density at radius 1 is 0.972 bits per heavy atom. The molecule has 2 unspecified atom stereocenters. The Kier molecular flexibility index (Phi) is 10.2. The number of carbonyl (C=O) groups excluding carboxylic acids is 2. The highest BCUT2D eigenvalue weighted by atomic mass is 16.1. The van der Waals surface area contributed by atoms with Gasteiger partial charge in [-0.15, -0.1) is 0 Å². The molecule has 0 N–H and O–H groups in total. The van der Waals surface area contributed by atoms with Crippen molar-refractivity contribution in [3.63, 3.8) is 0 Å². The number of rotatable bonds is 10. The number of hydrogen-bond donors (Lipinski definition) is 0. The van der Waals surface area contributed by atoms with E-state index in [1.807, 2.05) is 19.9 Å². The Morgan fingerprint density at radius 2 is 1.72 bits per heavy atom. The van der Waals surface area contributed by atoms with Gasteiger partial charge in [0.05, 0.1) is 0 Å². The van der Waals surface area contributed by atoms with E-state index in [1.165, 1.54) is 56.1 Å². The van der Waals surface area contributed by atoms with Crippen molar-refractivity contribution in [1.29, 1.82) is 0 Å². The number of allylic oxidation sites excluding steroid dienone is 4. The van der Waals surface area contributed by atoms with Gasteiger partial charge in [0.25, 0.3) is 0 Å². The molecule has 0 saturated heterocycles. The van der Waals surface area contributed by atoms with E-state index in [9.17, 15) is 9.59 Å². The molecule has 2 atom stereocenters. The summed E-state index contributed by atoms with van der Waals surface area (Å²) in [6.07, 6.45) is 23.6. The van der Waals surface area contributed by atoms with Crippen LogP contribution in [0.25, 0.3) is 0 Å². The lowest BCUT2D eigenvalue weighted by atomic mass is 9.73. The fourth-order valence-corrected chi connectivity index (χ4v) is 7.26. The standard InChI is InChI=1S/C34H48O2/c1-3-4-6-10-25(2)34(36)30-19-17-29(18-20-30)31-23-32(33(35)24-31)22-28-14-9-13-27(21-28)16-15-26-11-7-5-8-12-26/h3-4,9-10,13-14,21,26,29-32H,5-8,11-12,15-20,22-24H2,1-2H3. The molecular formula is C34H48O2. The molecule has 0 bridgehead atoms. The lowest BCUT2D eigenvalue weighted by Gasteiger charge is -2.31. The lowest BCUT2D eigenvalue weighted by Crippen LogP contribution is -2.25. The number of ketones is 2. The minimum absolute atomic E-state index is 0.187. The molecule has 3 fully saturated rings. The predicted molar refractivity (Wildman–Crippen MR) is 150 cm³/mol. The van der Waals surface area contributed by atoms with E-state index in [0.717, 1.165) is 62.9 Å². The van der Waals surface area contributed by atoms with E-state index in [4.69, 9.17) is 0 Å². The van der Waals surface area contributed by atoms with Gasteiger partial charge in [-0.3, -0.25) is 9.59 Å². The van der Waals surface area contributed by atoms with Crippen LogP contribution in [-0.2, 0) is 22.4 Å². The second-order valence-electron chi connectivity index (χ2n) is 12.1. The zero-order chi connectivity index (χ0) is 25.3. The molecule has 0 heterocycles. The summed E-state index contributed by atoms with van der Waals surface area (Å²) < 4.78 is 0. The summed E-state index contributed by atoms with van der Waals surface area (Å²) in [5.74, 6) is 3.28. The van der Waals surface area contributed by atoms with Crippen molar-refractivity contribution in [2.75, 3.05) is 0 Å². The van der Waals surface area contributed by atoms with Crippen molar-refractivity contribution in [2.45, 2.75) is 110 Å². The topological polar surface area (TPSA) is 34.1 Å². The minimum Gasteiger partial charge on any atom is -0.299 e. The van der Waals surface area contributed by atoms with Crippen molar-refractivity contribution < 1.29 is 9.59 Å². The van der Waals surface area contributed by atoms with Gasteiger partial charge >= 0.3 is 0 Å². The van der Waals surface area contributed by atoms with Crippen LogP contribution in [0.15, 0.2) is 48.1 Å². The van der Waals surface area contributed by atoms with Gasteiger partial charge in [-0.05, 0) is 106 Å². The molecule has 3 aliphatic carbocycles. The van der Waals surface area contributed by atoms with Crippen LogP contribution in [0.2, 0.25) is 0 Å². The summed E-state index contributed by atoms with van der Waals surface area (Å²) in [7, 11) is 0. The Labute approximate surface area is 220 Å². The molecule has 4 rings (SSSR count). The first kappa shape index (κ1) is 27.1. The van der Waals surface area contributed by atoms with Crippen molar-refractivity contribution in [1.82, 2.24) is 0 Å². The van der Waals surface area contributed by atoms with Crippen molar-refractivity contribution in [3.8, 4) is 0 Å². The van der Waals surface area contributed by atoms with Crippen LogP contribution in [0, 0.1) is 29.6 Å². The molecule has 2 heteroatoms. The summed E-state index contributed by atoms with van der Waals surface area (Å²) in [6, 6.07) is 9.10. The normalized spacial score (nSPS) is 28.2. The minimum atomic E-state index is 0.187. The highest BCUT2D eigenvalue weighted by Crippen LogP contribution is 2.43. The van der Waals surface area contributed by atoms with Crippen LogP contribution < -0.4 is 0 Å². The Morgan fingerprint density at radius 3 is 2.47 bits per heavy atom. The Bertz CT molecular complexity index is 924. The van der Waals surface area contributed by atoms with E-state index in [2.05, 4.69) is 36.4 Å². The zero-order valence-electron chi connectivity index (χ0n) is 22.9. The van der Waals surface area contributed by atoms with Crippen LogP contribution >= 0.6 is 0 Å². The molecule has 0 aliphatic heterocycles. The molecule has 1 aromatic rings. The van der Waals surface area contributed by atoms with Crippen molar-refractivity contribution >= 4 is 11.6 Å². The molecule has 196 valence electrons. The van der Waals surface area contributed by atoms with Crippen LogP contribution in [-0.4, -0.2) is 11.6 Å². The third-order valence-corrected chi connectivity index (χ3v) is 9.54. The lowest BCUT2D eigenvalue weighted by molar-refractivity contribution is -0.122. The average molecular weight is 489 g/mol. The van der Waals surface area contributed by atoms with Gasteiger partial charge in [-0.1, -0.05) is 74.6 Å². The molecule has 3 aliphatic rings. The molecule has 0 aromatic heterocycles. The molecule has 1 aromatic carbocycles. The summed E-state index contributed by atoms with van der Waals surface area (Å²) in [5.41, 5.74) is 3.73. The van der Waals surface area contributed by atoms with Crippen LogP contribution in [0.3, 0.4) is 0 Å². The quantitative estimate of drug-likeness (QED) is 0.244. The summed E-state index contributed by atoms with van der Waals surface area (Å²) in [6.45, 7) is 3.99. The third-order valence-electron chi connectivity index (χ3n) is 9.54. The van der Waals surface area contributed by atoms with Gasteiger partial charge in [0.15, 0.2) is 5.78 Å². The van der Waals surface area contributed by atoms with Gasteiger partial charge in [0.1, 0.15) is 5.78 Å². The monoisotopic (exact) mass is 488 g/mol. The number of benzene rings is 1. The Balaban J connectivity index is 1.24. The van der Waals surface area contributed by atoms with E-state index in [1.54, 1.807) is 0 Å². The summed E-state index contributed by atoms with van der Waals surface area (Å²) >= 11 is 0. The summed E-state index contributed by atoms with van der Waals surface area (Å²) in [4.78, 5) is 25.8. The van der Waals surface area contributed by atoms with E-state index >= 15 is 0 Å². The van der Waals surface area contributed by atoms with E-state index < -0.39 is 0 Å². The summed E-state index contributed by atoms with van der Waals surface area (Å²) in [5, 5.41) is 0. The zero-order valence-corrected chi connectivity index (χ0v) is 22.9. The molecule has 0 radical (unpaired) electrons. The second-order valence-corrected chi connectivity index (χ2v) is 12.1. The van der Waals surface area contributed by atoms with Gasteiger partial charge in [0.2, 0.25) is 0 Å². The van der Waals surface area contributed by atoms with E-state index in [0.29, 0.717) is 23.4 Å². The number of Topliss-reactive ketones (excluding diaryl/α,β-unsaturated/α-hetero) is 2. The molecule has 2 nitrogen and oxygen atoms in total. The smallest absolute Gasteiger partial charge is 0.161 e. The molecule has 3 saturated carbocycles. The number of aryl methyl sites for hydroxylation is 1. The first-order valence-corrected chi connectivity index (χ1v) is 15.0. The third kappa shape index (κ3) is 7.53. The van der Waals surface area contributed by atoms with Crippen LogP contribution in [0.1, 0.15) is 108 Å². The van der Waals surface area contributed by atoms with Crippen LogP contribution in [0.4, 0.5) is 0 Å². The van der Waals surface area contributed by atoms with Gasteiger partial charge in [-0.25, -0.2) is 0 Å². The van der Waals surface area contributed by atoms with Gasteiger partial charge in [0, 0.05) is 18.3 Å². The number of hydrogen-bond acceptors (Lipinski definition) is 2. The highest BCUT2D eigenvalue weighted by Gasteiger charge is 2.39. The maximum absolute atomic E-state index is 13.0. The SMILES string of the molecule is CC=CCC=C(C)C(=O)C1CCC(C2CC(=O)C(Cc3cccc(CCC4CCCCC4)c3)C2)CC1. The number of carbonyl (C=O) groups is 2. The first-order valence-electron chi connectivity index (χ1n) is 15.0. The molecule has 36 heavy (non-hydrogen) atoms. The molecule has 0 spiro atoms. The van der Waals surface area contributed by atoms with Gasteiger partial charge < -0.3 is 0 Å². The maximum atomic E-state index is 13.0. The van der Waals surface area contributed by atoms with E-state index in [-0.39, 0.29) is 11.8 Å². The molecule has 0 amide bonds. The van der Waals surface area contributed by atoms with Crippen LogP contribution in [0.5, 0.6) is 0 Å². The first-order chi connectivity index (χ1) is 17.5. The largest absolute Gasteiger partial charge is 0.299 e. The second kappa shape index (κ2) is 13.5. The highest BCUT2D eigenvalue weighted by molar-refractivity contribution is 5.96.